The third-order valence-electron chi connectivity index (χ3n) is 5.65. The molecule has 1 heterocycles. The highest BCUT2D eigenvalue weighted by Gasteiger charge is 2.46. The van der Waals surface area contributed by atoms with Crippen molar-refractivity contribution in [1.29, 1.82) is 5.26 Å². The highest BCUT2D eigenvalue weighted by atomic mass is 35.5. The fraction of sp³-hybridized carbons (Fsp3) is 0.333. The molecule has 1 aromatic heterocycles. The van der Waals surface area contributed by atoms with E-state index in [1.54, 1.807) is 30.3 Å². The van der Waals surface area contributed by atoms with E-state index in [1.165, 1.54) is 12.1 Å². The maximum atomic E-state index is 13.3. The Labute approximate surface area is 203 Å². The monoisotopic (exact) mass is 504 g/mol. The zero-order valence-electron chi connectivity index (χ0n) is 18.2. The topological polar surface area (TPSA) is 108 Å². The second-order valence-electron chi connectivity index (χ2n) is 8.35. The molecule has 0 spiro atoms. The van der Waals surface area contributed by atoms with Gasteiger partial charge in [-0.25, -0.2) is 4.98 Å². The number of nitrogens with zero attached hydrogens (tertiary/aromatic N) is 2. The maximum Gasteiger partial charge on any atom is 0.420 e. The van der Waals surface area contributed by atoms with Gasteiger partial charge in [-0.15, -0.1) is 11.6 Å². The predicted octanol–water partition coefficient (Wildman–Crippen LogP) is 4.42. The van der Waals surface area contributed by atoms with Gasteiger partial charge in [-0.3, -0.25) is 9.59 Å². The smallest absolute Gasteiger partial charge is 0.420 e. The Kier molecular flexibility index (Phi) is 6.72. The van der Waals surface area contributed by atoms with Gasteiger partial charge in [0, 0.05) is 6.42 Å². The number of carbonyl (C=O) groups excluding carboxylic acids is 2. The van der Waals surface area contributed by atoms with Gasteiger partial charge in [-0.1, -0.05) is 36.4 Å². The van der Waals surface area contributed by atoms with Gasteiger partial charge in [0.15, 0.2) is 11.5 Å². The first-order valence-corrected chi connectivity index (χ1v) is 11.2. The number of benzene rings is 2. The van der Waals surface area contributed by atoms with E-state index in [0.29, 0.717) is 18.4 Å². The summed E-state index contributed by atoms with van der Waals surface area (Å²) in [6.45, 7) is 0. The van der Waals surface area contributed by atoms with E-state index in [4.69, 9.17) is 16.0 Å². The summed E-state index contributed by atoms with van der Waals surface area (Å²) in [7, 11) is 0. The number of fused-ring (bicyclic) bond motifs is 1. The van der Waals surface area contributed by atoms with Crippen LogP contribution in [0.3, 0.4) is 0 Å². The Hall–Kier alpha value is -3.58. The number of aromatic nitrogens is 1. The predicted molar refractivity (Wildman–Crippen MR) is 120 cm³/mol. The van der Waals surface area contributed by atoms with Gasteiger partial charge < -0.3 is 15.1 Å². The quantitative estimate of drug-likeness (QED) is 0.442. The molecule has 0 aliphatic heterocycles. The molecule has 182 valence electrons. The largest absolute Gasteiger partial charge is 0.440 e. The Balaban J connectivity index is 1.54. The van der Waals surface area contributed by atoms with Crippen molar-refractivity contribution in [2.75, 3.05) is 0 Å². The Bertz CT molecular complexity index is 1280. The molecule has 0 saturated heterocycles. The average molecular weight is 505 g/mol. The van der Waals surface area contributed by atoms with Gasteiger partial charge >= 0.3 is 6.18 Å². The van der Waals surface area contributed by atoms with E-state index in [2.05, 4.69) is 15.6 Å². The lowest BCUT2D eigenvalue weighted by atomic mass is 10.1. The third kappa shape index (κ3) is 5.74. The first-order valence-electron chi connectivity index (χ1n) is 10.8. The summed E-state index contributed by atoms with van der Waals surface area (Å²) in [5, 5.41) is 13.8. The number of amides is 2. The van der Waals surface area contributed by atoms with Crippen LogP contribution < -0.4 is 10.6 Å². The number of carbonyl (C=O) groups is 2. The fourth-order valence-corrected chi connectivity index (χ4v) is 3.88. The van der Waals surface area contributed by atoms with E-state index < -0.39 is 46.1 Å². The van der Waals surface area contributed by atoms with E-state index in [0.717, 1.165) is 6.07 Å². The minimum Gasteiger partial charge on any atom is -0.440 e. The van der Waals surface area contributed by atoms with Crippen molar-refractivity contribution in [3.8, 4) is 6.07 Å². The van der Waals surface area contributed by atoms with Gasteiger partial charge in [0.2, 0.25) is 11.8 Å². The fourth-order valence-electron chi connectivity index (χ4n) is 3.60. The van der Waals surface area contributed by atoms with Gasteiger partial charge in [-0.2, -0.15) is 18.4 Å². The standard InChI is InChI=1S/C24H20ClF3N4O3/c25-16(14-5-2-1-3-6-14)11-19(33)30-18(22(34)32-23(13-29)9-10-23)12-20-31-17-8-4-7-15(21(17)35-20)24(26,27)28/h1-8,16,18H,9-12H2,(H,30,33)(H,32,34)/t16-,18?/m0/s1. The molecule has 1 fully saturated rings. The number of halogens is 4. The van der Waals surface area contributed by atoms with Crippen LogP contribution in [0.1, 0.15) is 41.7 Å². The summed E-state index contributed by atoms with van der Waals surface area (Å²) >= 11 is 6.33. The van der Waals surface area contributed by atoms with Gasteiger partial charge in [0.1, 0.15) is 22.7 Å². The van der Waals surface area contributed by atoms with Gasteiger partial charge in [0.25, 0.3) is 0 Å². The SMILES string of the molecule is N#CC1(NC(=O)C(Cc2nc3cccc(C(F)(F)F)c3o2)NC(=O)C[C@H](Cl)c2ccccc2)CC1. The number of alkyl halides is 4. The van der Waals surface area contributed by atoms with Crippen LogP contribution >= 0.6 is 11.6 Å². The molecule has 35 heavy (non-hydrogen) atoms. The van der Waals surface area contributed by atoms with E-state index in [9.17, 15) is 28.0 Å². The molecule has 0 radical (unpaired) electrons. The molecule has 2 N–H and O–H groups in total. The van der Waals surface area contributed by atoms with Crippen LogP contribution in [-0.2, 0) is 22.2 Å². The number of rotatable bonds is 8. The van der Waals surface area contributed by atoms with Crippen molar-refractivity contribution in [2.45, 2.75) is 48.8 Å². The molecule has 7 nitrogen and oxygen atoms in total. The summed E-state index contributed by atoms with van der Waals surface area (Å²) in [6.07, 6.45) is -4.19. The maximum absolute atomic E-state index is 13.3. The zero-order valence-corrected chi connectivity index (χ0v) is 19.0. The molecule has 2 amide bonds. The number of nitriles is 1. The molecule has 0 bridgehead atoms. The van der Waals surface area contributed by atoms with Crippen LogP contribution in [0.4, 0.5) is 13.2 Å². The summed E-state index contributed by atoms with van der Waals surface area (Å²) in [6, 6.07) is 13.1. The lowest BCUT2D eigenvalue weighted by molar-refractivity contribution is -0.137. The summed E-state index contributed by atoms with van der Waals surface area (Å²) in [4.78, 5) is 29.7. The molecular weight excluding hydrogens is 485 g/mol. The average Bonchev–Trinajstić information content (AvgIpc) is 3.46. The number of hydrogen-bond donors (Lipinski definition) is 2. The van der Waals surface area contributed by atoms with Crippen molar-refractivity contribution < 1.29 is 27.2 Å². The highest BCUT2D eigenvalue weighted by molar-refractivity contribution is 6.22. The van der Waals surface area contributed by atoms with E-state index in [-0.39, 0.29) is 24.2 Å². The van der Waals surface area contributed by atoms with Crippen LogP contribution in [0.15, 0.2) is 52.9 Å². The first kappa shape index (κ1) is 24.5. The number of nitrogens with one attached hydrogen (secondary N) is 2. The zero-order chi connectivity index (χ0) is 25.2. The molecule has 1 aliphatic rings. The minimum absolute atomic E-state index is 0.0269. The lowest BCUT2D eigenvalue weighted by Gasteiger charge is -2.20. The Morgan fingerprint density at radius 1 is 1.17 bits per heavy atom. The van der Waals surface area contributed by atoms with Gasteiger partial charge in [0.05, 0.1) is 17.9 Å². The number of oxazole rings is 1. The second kappa shape index (κ2) is 9.58. The third-order valence-corrected chi connectivity index (χ3v) is 6.05. The van der Waals surface area contributed by atoms with Crippen molar-refractivity contribution in [3.05, 3.63) is 65.5 Å². The molecule has 2 aromatic carbocycles. The highest BCUT2D eigenvalue weighted by Crippen LogP contribution is 2.36. The van der Waals surface area contributed by atoms with Crippen molar-refractivity contribution >= 4 is 34.5 Å². The van der Waals surface area contributed by atoms with E-state index >= 15 is 0 Å². The number of hydrogen-bond acceptors (Lipinski definition) is 5. The van der Waals surface area contributed by atoms with Crippen LogP contribution in [0.2, 0.25) is 0 Å². The summed E-state index contributed by atoms with van der Waals surface area (Å²) < 4.78 is 45.3. The Morgan fingerprint density at radius 2 is 1.89 bits per heavy atom. The van der Waals surface area contributed by atoms with Crippen LogP contribution in [0.25, 0.3) is 11.1 Å². The molecular formula is C24H20ClF3N4O3. The second-order valence-corrected chi connectivity index (χ2v) is 8.88. The lowest BCUT2D eigenvalue weighted by Crippen LogP contribution is -2.51. The van der Waals surface area contributed by atoms with E-state index in [1.807, 2.05) is 6.07 Å². The van der Waals surface area contributed by atoms with Crippen molar-refractivity contribution in [1.82, 2.24) is 15.6 Å². The molecule has 11 heteroatoms. The minimum atomic E-state index is -4.65. The molecule has 1 aliphatic carbocycles. The van der Waals surface area contributed by atoms with Gasteiger partial charge in [-0.05, 0) is 30.5 Å². The normalized spacial score (nSPS) is 16.2. The van der Waals surface area contributed by atoms with Crippen LogP contribution in [0.5, 0.6) is 0 Å². The number of para-hydroxylation sites is 1. The molecule has 1 saturated carbocycles. The van der Waals surface area contributed by atoms with Crippen LogP contribution in [-0.4, -0.2) is 28.4 Å². The molecule has 4 rings (SSSR count). The summed E-state index contributed by atoms with van der Waals surface area (Å²) in [5.74, 6) is -1.38. The van der Waals surface area contributed by atoms with Crippen molar-refractivity contribution in [3.63, 3.8) is 0 Å². The summed E-state index contributed by atoms with van der Waals surface area (Å²) in [5.41, 5.74) is -1.77. The van der Waals surface area contributed by atoms with Crippen LogP contribution in [0, 0.1) is 11.3 Å². The molecule has 1 unspecified atom stereocenters. The molecule has 3 aromatic rings. The Morgan fingerprint density at radius 3 is 2.51 bits per heavy atom. The first-order chi connectivity index (χ1) is 16.6. The molecule has 2 atom stereocenters. The van der Waals surface area contributed by atoms with Crippen molar-refractivity contribution in [2.24, 2.45) is 0 Å².